The molecule has 2 aliphatic rings. The van der Waals surface area contributed by atoms with Crippen LogP contribution in [0.4, 0.5) is 5.69 Å². The molecule has 120 valence electrons. The van der Waals surface area contributed by atoms with Gasteiger partial charge < -0.3 is 9.73 Å². The Morgan fingerprint density at radius 1 is 1.35 bits per heavy atom. The van der Waals surface area contributed by atoms with Crippen LogP contribution in [0.15, 0.2) is 41.1 Å². The predicted octanol–water partition coefficient (Wildman–Crippen LogP) is 2.69. The summed E-state index contributed by atoms with van der Waals surface area (Å²) < 4.78 is 5.64. The van der Waals surface area contributed by atoms with Gasteiger partial charge in [0.2, 0.25) is 5.91 Å². The van der Waals surface area contributed by atoms with Gasteiger partial charge in [0.05, 0.1) is 18.4 Å². The molecular weight excluding hydrogens is 290 g/mol. The Labute approximate surface area is 135 Å². The van der Waals surface area contributed by atoms with Gasteiger partial charge in [-0.15, -0.1) is 0 Å². The lowest BCUT2D eigenvalue weighted by Gasteiger charge is -2.17. The van der Waals surface area contributed by atoms with Gasteiger partial charge in [-0.05, 0) is 48.9 Å². The summed E-state index contributed by atoms with van der Waals surface area (Å²) in [6.45, 7) is 5.02. The Kier molecular flexibility index (Phi) is 3.65. The summed E-state index contributed by atoms with van der Waals surface area (Å²) in [6.07, 6.45) is 4.01. The van der Waals surface area contributed by atoms with E-state index in [-0.39, 0.29) is 5.91 Å². The van der Waals surface area contributed by atoms with Crippen molar-refractivity contribution in [2.45, 2.75) is 19.9 Å². The second-order valence-electron chi connectivity index (χ2n) is 6.69. The summed E-state index contributed by atoms with van der Waals surface area (Å²) in [7, 11) is 0. The Morgan fingerprint density at radius 3 is 2.83 bits per heavy atom. The standard InChI is InChI=1S/C18H21N3O2/c1-12-4-5-14(23-12)9-21-10-16-15(17(16)11-21)7-18(22)20-13-3-2-6-19-8-13/h2-6,8,15-17H,7,9-11H2,1H3,(H,20,22)/t15?,16-,17+. The van der Waals surface area contributed by atoms with Crippen LogP contribution in [-0.4, -0.2) is 28.9 Å². The number of carbonyl (C=O) groups is 1. The minimum atomic E-state index is 0.102. The maximum absolute atomic E-state index is 12.1. The molecule has 0 aromatic carbocycles. The van der Waals surface area contributed by atoms with Crippen molar-refractivity contribution in [3.05, 3.63) is 48.2 Å². The van der Waals surface area contributed by atoms with Crippen LogP contribution in [0.25, 0.3) is 0 Å². The average Bonchev–Trinajstić information content (AvgIpc) is 2.90. The number of nitrogens with zero attached hydrogens (tertiary/aromatic N) is 2. The van der Waals surface area contributed by atoms with Gasteiger partial charge in [0, 0.05) is 25.7 Å². The van der Waals surface area contributed by atoms with Crippen LogP contribution >= 0.6 is 0 Å². The predicted molar refractivity (Wildman–Crippen MR) is 86.7 cm³/mol. The number of fused-ring (bicyclic) bond motifs is 1. The van der Waals surface area contributed by atoms with Crippen LogP contribution in [0.5, 0.6) is 0 Å². The van der Waals surface area contributed by atoms with E-state index in [9.17, 15) is 4.79 Å². The number of hydrogen-bond donors (Lipinski definition) is 1. The van der Waals surface area contributed by atoms with Gasteiger partial charge in [-0.3, -0.25) is 14.7 Å². The fraction of sp³-hybridized carbons (Fsp3) is 0.444. The highest BCUT2D eigenvalue weighted by molar-refractivity contribution is 5.90. The third-order valence-electron chi connectivity index (χ3n) is 4.99. The molecule has 0 spiro atoms. The van der Waals surface area contributed by atoms with Gasteiger partial charge in [-0.1, -0.05) is 0 Å². The lowest BCUT2D eigenvalue weighted by molar-refractivity contribution is -0.116. The number of amides is 1. The molecule has 1 unspecified atom stereocenters. The fourth-order valence-corrected chi connectivity index (χ4v) is 3.82. The van der Waals surface area contributed by atoms with E-state index in [4.69, 9.17) is 4.42 Å². The van der Waals surface area contributed by atoms with Crippen molar-refractivity contribution in [3.8, 4) is 0 Å². The number of likely N-dealkylation sites (tertiary alicyclic amines) is 1. The van der Waals surface area contributed by atoms with Crippen molar-refractivity contribution in [2.24, 2.45) is 17.8 Å². The van der Waals surface area contributed by atoms with Crippen molar-refractivity contribution in [2.75, 3.05) is 18.4 Å². The van der Waals surface area contributed by atoms with Gasteiger partial charge in [0.25, 0.3) is 0 Å². The van der Waals surface area contributed by atoms with Gasteiger partial charge in [-0.2, -0.15) is 0 Å². The minimum absolute atomic E-state index is 0.102. The highest BCUT2D eigenvalue weighted by Crippen LogP contribution is 2.53. The van der Waals surface area contributed by atoms with Crippen LogP contribution in [0.1, 0.15) is 17.9 Å². The first-order valence-electron chi connectivity index (χ1n) is 8.16. The van der Waals surface area contributed by atoms with Crippen molar-refractivity contribution >= 4 is 11.6 Å². The van der Waals surface area contributed by atoms with Gasteiger partial charge in [0.15, 0.2) is 0 Å². The molecule has 3 atom stereocenters. The van der Waals surface area contributed by atoms with Gasteiger partial charge in [-0.25, -0.2) is 0 Å². The highest BCUT2D eigenvalue weighted by Gasteiger charge is 2.55. The summed E-state index contributed by atoms with van der Waals surface area (Å²) in [5, 5.41) is 2.93. The molecule has 23 heavy (non-hydrogen) atoms. The monoisotopic (exact) mass is 311 g/mol. The fourth-order valence-electron chi connectivity index (χ4n) is 3.82. The largest absolute Gasteiger partial charge is 0.465 e. The van der Waals surface area contributed by atoms with Crippen molar-refractivity contribution < 1.29 is 9.21 Å². The molecule has 1 N–H and O–H groups in total. The van der Waals surface area contributed by atoms with Crippen molar-refractivity contribution in [1.29, 1.82) is 0 Å². The molecule has 3 heterocycles. The molecule has 0 radical (unpaired) electrons. The van der Waals surface area contributed by atoms with Crippen LogP contribution in [0.3, 0.4) is 0 Å². The number of rotatable bonds is 5. The maximum Gasteiger partial charge on any atom is 0.224 e. The van der Waals surface area contributed by atoms with E-state index in [0.29, 0.717) is 24.2 Å². The van der Waals surface area contributed by atoms with Crippen molar-refractivity contribution in [3.63, 3.8) is 0 Å². The molecule has 4 rings (SSSR count). The van der Waals surface area contributed by atoms with Crippen molar-refractivity contribution in [1.82, 2.24) is 9.88 Å². The number of carbonyl (C=O) groups excluding carboxylic acids is 1. The quantitative estimate of drug-likeness (QED) is 0.922. The molecule has 1 saturated heterocycles. The molecule has 1 amide bonds. The number of aromatic nitrogens is 1. The van der Waals surface area contributed by atoms with E-state index in [1.54, 1.807) is 12.4 Å². The molecular formula is C18H21N3O2. The van der Waals surface area contributed by atoms with E-state index in [0.717, 1.165) is 36.8 Å². The Morgan fingerprint density at radius 2 is 2.17 bits per heavy atom. The number of furan rings is 1. The molecule has 2 fully saturated rings. The van der Waals surface area contributed by atoms with Crippen LogP contribution in [-0.2, 0) is 11.3 Å². The molecule has 5 nitrogen and oxygen atoms in total. The van der Waals surface area contributed by atoms with E-state index in [2.05, 4.69) is 21.3 Å². The minimum Gasteiger partial charge on any atom is -0.465 e. The molecule has 2 aromatic rings. The lowest BCUT2D eigenvalue weighted by Crippen LogP contribution is -2.25. The molecule has 5 heteroatoms. The number of hydrogen-bond acceptors (Lipinski definition) is 4. The summed E-state index contributed by atoms with van der Waals surface area (Å²) in [4.78, 5) is 18.5. The van der Waals surface area contributed by atoms with Crippen LogP contribution in [0.2, 0.25) is 0 Å². The van der Waals surface area contributed by atoms with Gasteiger partial charge >= 0.3 is 0 Å². The first kappa shape index (κ1) is 14.5. The number of pyridine rings is 1. The summed E-state index contributed by atoms with van der Waals surface area (Å²) in [6, 6.07) is 7.76. The number of anilines is 1. The van der Waals surface area contributed by atoms with Gasteiger partial charge in [0.1, 0.15) is 11.5 Å². The SMILES string of the molecule is Cc1ccc(CN2C[C@@H]3C(CC(=O)Nc4cccnc4)[C@@H]3C2)o1. The second-order valence-corrected chi connectivity index (χ2v) is 6.69. The first-order valence-corrected chi connectivity index (χ1v) is 8.16. The van der Waals surface area contributed by atoms with E-state index >= 15 is 0 Å². The lowest BCUT2D eigenvalue weighted by atomic mass is 10.2. The smallest absolute Gasteiger partial charge is 0.224 e. The first-order chi connectivity index (χ1) is 11.2. The zero-order valence-electron chi connectivity index (χ0n) is 13.2. The zero-order chi connectivity index (χ0) is 15.8. The Balaban J connectivity index is 1.24. The third-order valence-corrected chi connectivity index (χ3v) is 4.99. The molecule has 1 aliphatic heterocycles. The number of nitrogens with one attached hydrogen (secondary N) is 1. The average molecular weight is 311 g/mol. The zero-order valence-corrected chi connectivity index (χ0v) is 13.2. The second kappa shape index (κ2) is 5.81. The van der Waals surface area contributed by atoms with E-state index in [1.807, 2.05) is 25.1 Å². The highest BCUT2D eigenvalue weighted by atomic mass is 16.3. The third kappa shape index (κ3) is 3.15. The van der Waals surface area contributed by atoms with Crippen LogP contribution < -0.4 is 5.32 Å². The summed E-state index contributed by atoms with van der Waals surface area (Å²) in [5.74, 6) is 3.99. The van der Waals surface area contributed by atoms with E-state index in [1.165, 1.54) is 0 Å². The molecule has 1 aliphatic carbocycles. The maximum atomic E-state index is 12.1. The topological polar surface area (TPSA) is 58.4 Å². The summed E-state index contributed by atoms with van der Waals surface area (Å²) >= 11 is 0. The number of aryl methyl sites for hydroxylation is 1. The molecule has 1 saturated carbocycles. The van der Waals surface area contributed by atoms with Crippen LogP contribution in [0, 0.1) is 24.7 Å². The Bertz CT molecular complexity index is 685. The van der Waals surface area contributed by atoms with E-state index < -0.39 is 0 Å². The Hall–Kier alpha value is -2.14. The molecule has 0 bridgehead atoms. The normalized spacial score (nSPS) is 26.0. The molecule has 2 aromatic heterocycles. The number of piperidine rings is 1. The summed E-state index contributed by atoms with van der Waals surface area (Å²) in [5.41, 5.74) is 0.776.